The van der Waals surface area contributed by atoms with Crippen LogP contribution in [0.1, 0.15) is 18.5 Å². The van der Waals surface area contributed by atoms with E-state index < -0.39 is 0 Å². The molecule has 0 fully saturated rings. The third-order valence-electron chi connectivity index (χ3n) is 3.72. The Labute approximate surface area is 140 Å². The Morgan fingerprint density at radius 2 is 1.75 bits per heavy atom. The average Bonchev–Trinajstić information content (AvgIpc) is 2.63. The van der Waals surface area contributed by atoms with E-state index in [-0.39, 0.29) is 30.2 Å². The number of hydrazine groups is 1. The summed E-state index contributed by atoms with van der Waals surface area (Å²) in [5.74, 6) is -0.435. The van der Waals surface area contributed by atoms with Crippen LogP contribution in [0.4, 0.5) is 5.69 Å². The second kappa shape index (κ2) is 6.95. The Bertz CT molecular complexity index is 759. The van der Waals surface area contributed by atoms with Crippen LogP contribution in [0.3, 0.4) is 0 Å². The highest BCUT2D eigenvalue weighted by atomic mass is 16.2. The average molecular weight is 322 g/mol. The molecular weight excluding hydrogens is 304 g/mol. The van der Waals surface area contributed by atoms with Crippen molar-refractivity contribution in [2.45, 2.75) is 13.0 Å². The fourth-order valence-electron chi connectivity index (χ4n) is 2.42. The third kappa shape index (κ3) is 3.43. The zero-order chi connectivity index (χ0) is 16.9. The fraction of sp³-hybridized carbons (Fsp3) is 0.167. The molecule has 1 atom stereocenters. The van der Waals surface area contributed by atoms with Crippen LogP contribution in [-0.4, -0.2) is 24.2 Å². The number of hydrogen-bond acceptors (Lipinski definition) is 4. The summed E-state index contributed by atoms with van der Waals surface area (Å²) in [6, 6.07) is 18.6. The number of aliphatic imine (C=N–C) groups is 1. The maximum atomic E-state index is 12.4. The van der Waals surface area contributed by atoms with Crippen molar-refractivity contribution in [3.8, 4) is 0 Å². The van der Waals surface area contributed by atoms with Crippen LogP contribution in [0, 0.1) is 0 Å². The minimum atomic E-state index is -0.347. The second-order valence-corrected chi connectivity index (χ2v) is 5.45. The van der Waals surface area contributed by atoms with Crippen LogP contribution in [0.5, 0.6) is 0 Å². The predicted octanol–water partition coefficient (Wildman–Crippen LogP) is 1.81. The maximum Gasteiger partial charge on any atom is 0.288 e. The lowest BCUT2D eigenvalue weighted by molar-refractivity contribution is -0.118. The van der Waals surface area contributed by atoms with Crippen LogP contribution in [-0.2, 0) is 9.59 Å². The Kier molecular flexibility index (Phi) is 4.56. The number of amides is 2. The molecule has 24 heavy (non-hydrogen) atoms. The molecule has 6 heteroatoms. The molecule has 2 amide bonds. The molecule has 1 heterocycles. The molecule has 0 spiro atoms. The number of carbonyl (C=O) groups is 2. The molecular formula is C18H18N4O2. The van der Waals surface area contributed by atoms with Crippen molar-refractivity contribution >= 4 is 23.3 Å². The van der Waals surface area contributed by atoms with E-state index in [1.165, 1.54) is 5.01 Å². The van der Waals surface area contributed by atoms with Gasteiger partial charge in [0, 0.05) is 0 Å². The van der Waals surface area contributed by atoms with Crippen molar-refractivity contribution in [3.63, 3.8) is 0 Å². The summed E-state index contributed by atoms with van der Waals surface area (Å²) in [6.07, 6.45) is 0. The van der Waals surface area contributed by atoms with Crippen LogP contribution in [0.25, 0.3) is 0 Å². The normalized spacial score (nSPS) is 15.3. The number of anilines is 1. The smallest absolute Gasteiger partial charge is 0.288 e. The van der Waals surface area contributed by atoms with E-state index in [1.54, 1.807) is 12.1 Å². The number of nitrogens with one attached hydrogen (secondary N) is 2. The molecule has 0 aromatic heterocycles. The van der Waals surface area contributed by atoms with E-state index in [1.807, 2.05) is 55.5 Å². The van der Waals surface area contributed by atoms with Crippen LogP contribution < -0.4 is 15.8 Å². The molecule has 0 aliphatic carbocycles. The lowest BCUT2D eigenvalue weighted by Gasteiger charge is -2.28. The van der Waals surface area contributed by atoms with Crippen molar-refractivity contribution in [2.24, 2.45) is 4.99 Å². The highest BCUT2D eigenvalue weighted by Crippen LogP contribution is 2.14. The number of para-hydroxylation sites is 1. The zero-order valence-electron chi connectivity index (χ0n) is 13.3. The molecule has 1 unspecified atom stereocenters. The van der Waals surface area contributed by atoms with Crippen LogP contribution in [0.15, 0.2) is 65.7 Å². The zero-order valence-corrected chi connectivity index (χ0v) is 13.3. The lowest BCUT2D eigenvalue weighted by atomic mass is 10.1. The molecule has 2 aromatic rings. The molecule has 122 valence electrons. The van der Waals surface area contributed by atoms with Crippen LogP contribution in [0.2, 0.25) is 0 Å². The summed E-state index contributed by atoms with van der Waals surface area (Å²) in [6.45, 7) is 1.83. The number of rotatable bonds is 4. The van der Waals surface area contributed by atoms with Gasteiger partial charge in [-0.05, 0) is 24.6 Å². The molecule has 0 saturated heterocycles. The molecule has 2 aromatic carbocycles. The van der Waals surface area contributed by atoms with E-state index in [4.69, 9.17) is 0 Å². The Morgan fingerprint density at radius 3 is 2.42 bits per heavy atom. The Balaban J connectivity index is 1.70. The molecule has 0 radical (unpaired) electrons. The largest absolute Gasteiger partial charge is 0.343 e. The number of amidine groups is 1. The first kappa shape index (κ1) is 15.7. The van der Waals surface area contributed by atoms with E-state index in [0.717, 1.165) is 5.56 Å². The first-order valence-electron chi connectivity index (χ1n) is 7.70. The molecule has 3 rings (SSSR count). The first-order valence-corrected chi connectivity index (χ1v) is 7.70. The standard InChI is InChI=1S/C18H18N4O2/c1-13(14-8-4-2-5-9-14)20-18(24)17-19-12-16(23)22(21-17)15-10-6-3-7-11-15/h2-11,13H,12H2,1H3,(H,19,21)(H,20,24). The third-order valence-corrected chi connectivity index (χ3v) is 3.72. The summed E-state index contributed by atoms with van der Waals surface area (Å²) in [4.78, 5) is 28.5. The molecule has 0 bridgehead atoms. The van der Waals surface area contributed by atoms with Crippen molar-refractivity contribution in [1.29, 1.82) is 0 Å². The van der Waals surface area contributed by atoms with E-state index in [2.05, 4.69) is 15.7 Å². The van der Waals surface area contributed by atoms with E-state index >= 15 is 0 Å². The van der Waals surface area contributed by atoms with Gasteiger partial charge in [-0.15, -0.1) is 0 Å². The first-order chi connectivity index (χ1) is 11.6. The van der Waals surface area contributed by atoms with Gasteiger partial charge in [0.05, 0.1) is 11.7 Å². The maximum absolute atomic E-state index is 12.4. The highest BCUT2D eigenvalue weighted by Gasteiger charge is 2.26. The molecule has 6 nitrogen and oxygen atoms in total. The van der Waals surface area contributed by atoms with E-state index in [0.29, 0.717) is 5.69 Å². The van der Waals surface area contributed by atoms with Gasteiger partial charge in [0.15, 0.2) is 0 Å². The fourth-order valence-corrected chi connectivity index (χ4v) is 2.42. The quantitative estimate of drug-likeness (QED) is 0.901. The van der Waals surface area contributed by atoms with Gasteiger partial charge < -0.3 is 5.32 Å². The van der Waals surface area contributed by atoms with Crippen molar-refractivity contribution in [2.75, 3.05) is 11.6 Å². The number of benzene rings is 2. The Morgan fingerprint density at radius 1 is 1.12 bits per heavy atom. The van der Waals surface area contributed by atoms with E-state index in [9.17, 15) is 9.59 Å². The molecule has 1 aliphatic heterocycles. The van der Waals surface area contributed by atoms with Crippen molar-refractivity contribution in [1.82, 2.24) is 10.7 Å². The van der Waals surface area contributed by atoms with Gasteiger partial charge in [-0.1, -0.05) is 48.5 Å². The lowest BCUT2D eigenvalue weighted by Crippen LogP contribution is -2.56. The number of hydrogen-bond donors (Lipinski definition) is 2. The monoisotopic (exact) mass is 322 g/mol. The summed E-state index contributed by atoms with van der Waals surface area (Å²) in [5.41, 5.74) is 4.46. The summed E-state index contributed by atoms with van der Waals surface area (Å²) in [7, 11) is 0. The van der Waals surface area contributed by atoms with Gasteiger partial charge in [-0.3, -0.25) is 20.0 Å². The number of carbonyl (C=O) groups excluding carboxylic acids is 2. The number of nitrogens with zero attached hydrogens (tertiary/aromatic N) is 2. The van der Waals surface area contributed by atoms with Gasteiger partial charge in [-0.25, -0.2) is 5.01 Å². The summed E-state index contributed by atoms with van der Waals surface area (Å²) < 4.78 is 0. The molecule has 1 aliphatic rings. The summed E-state index contributed by atoms with van der Waals surface area (Å²) >= 11 is 0. The van der Waals surface area contributed by atoms with Gasteiger partial charge in [0.2, 0.25) is 5.84 Å². The van der Waals surface area contributed by atoms with Gasteiger partial charge >= 0.3 is 0 Å². The molecule has 0 saturated carbocycles. The molecule has 2 N–H and O–H groups in total. The Hall–Kier alpha value is -3.15. The highest BCUT2D eigenvalue weighted by molar-refractivity contribution is 6.39. The minimum absolute atomic E-state index is 0.0651. The predicted molar refractivity (Wildman–Crippen MR) is 92.4 cm³/mol. The SMILES string of the molecule is CC(NC(=O)C1=NCC(=O)N(c2ccccc2)N1)c1ccccc1. The summed E-state index contributed by atoms with van der Waals surface area (Å²) in [5, 5.41) is 4.22. The minimum Gasteiger partial charge on any atom is -0.343 e. The van der Waals surface area contributed by atoms with Crippen LogP contribution >= 0.6 is 0 Å². The van der Waals surface area contributed by atoms with Gasteiger partial charge in [0.1, 0.15) is 6.54 Å². The van der Waals surface area contributed by atoms with Crippen molar-refractivity contribution < 1.29 is 9.59 Å². The van der Waals surface area contributed by atoms with Crippen molar-refractivity contribution in [3.05, 3.63) is 66.2 Å². The van der Waals surface area contributed by atoms with Gasteiger partial charge in [0.25, 0.3) is 11.8 Å². The second-order valence-electron chi connectivity index (χ2n) is 5.45. The topological polar surface area (TPSA) is 73.8 Å². The van der Waals surface area contributed by atoms with Gasteiger partial charge in [-0.2, -0.15) is 0 Å².